The number of ether oxygens (including phenoxy) is 3. The van der Waals surface area contributed by atoms with E-state index in [0.717, 1.165) is 116 Å². The summed E-state index contributed by atoms with van der Waals surface area (Å²) in [4.78, 5) is 38.2. The molecule has 0 spiro atoms. The molecule has 0 aromatic heterocycles. The third-order valence-corrected chi connectivity index (χ3v) is 12.9. The molecule has 1 atom stereocenters. The van der Waals surface area contributed by atoms with E-state index in [2.05, 4.69) is 142 Å². The van der Waals surface area contributed by atoms with Crippen molar-refractivity contribution in [2.45, 2.75) is 284 Å². The van der Waals surface area contributed by atoms with Crippen LogP contribution in [0.15, 0.2) is 122 Å². The molecule has 1 unspecified atom stereocenters. The van der Waals surface area contributed by atoms with Gasteiger partial charge in [-0.2, -0.15) is 0 Å². The van der Waals surface area contributed by atoms with E-state index < -0.39 is 6.10 Å². The summed E-state index contributed by atoms with van der Waals surface area (Å²) in [6.45, 7) is 6.43. The van der Waals surface area contributed by atoms with Crippen molar-refractivity contribution in [3.63, 3.8) is 0 Å². The molecular formula is C69H114O6. The Balaban J connectivity index is 4.39. The Morgan fingerprint density at radius 2 is 0.533 bits per heavy atom. The summed E-state index contributed by atoms with van der Waals surface area (Å²) >= 11 is 0. The molecule has 0 bridgehead atoms. The van der Waals surface area contributed by atoms with Crippen molar-refractivity contribution in [2.24, 2.45) is 0 Å². The molecule has 0 aliphatic rings. The van der Waals surface area contributed by atoms with E-state index in [4.69, 9.17) is 14.2 Å². The van der Waals surface area contributed by atoms with Crippen LogP contribution in [0.4, 0.5) is 0 Å². The Morgan fingerprint density at radius 1 is 0.280 bits per heavy atom. The van der Waals surface area contributed by atoms with Crippen molar-refractivity contribution >= 4 is 17.9 Å². The molecule has 6 heteroatoms. The highest BCUT2D eigenvalue weighted by atomic mass is 16.6. The first-order valence-corrected chi connectivity index (χ1v) is 31.0. The molecule has 0 aliphatic carbocycles. The van der Waals surface area contributed by atoms with Crippen molar-refractivity contribution in [1.82, 2.24) is 0 Å². The van der Waals surface area contributed by atoms with E-state index in [9.17, 15) is 14.4 Å². The van der Waals surface area contributed by atoms with Gasteiger partial charge < -0.3 is 14.2 Å². The van der Waals surface area contributed by atoms with Crippen LogP contribution >= 0.6 is 0 Å². The molecule has 0 rings (SSSR count). The number of unbranched alkanes of at least 4 members (excludes halogenated alkanes) is 24. The van der Waals surface area contributed by atoms with Crippen LogP contribution in [0.2, 0.25) is 0 Å². The summed E-state index contributed by atoms with van der Waals surface area (Å²) in [5.74, 6) is -0.960. The van der Waals surface area contributed by atoms with Crippen LogP contribution in [0.5, 0.6) is 0 Å². The van der Waals surface area contributed by atoms with E-state index in [1.807, 2.05) is 0 Å². The molecule has 0 fully saturated rings. The lowest BCUT2D eigenvalue weighted by Crippen LogP contribution is -2.30. The van der Waals surface area contributed by atoms with E-state index in [0.29, 0.717) is 19.3 Å². The van der Waals surface area contributed by atoms with Crippen molar-refractivity contribution in [3.8, 4) is 0 Å². The number of hydrogen-bond donors (Lipinski definition) is 0. The van der Waals surface area contributed by atoms with E-state index in [1.54, 1.807) is 0 Å². The highest BCUT2D eigenvalue weighted by Gasteiger charge is 2.19. The number of rotatable bonds is 55. The predicted octanol–water partition coefficient (Wildman–Crippen LogP) is 21.2. The van der Waals surface area contributed by atoms with Gasteiger partial charge in [0.1, 0.15) is 13.2 Å². The quantitative estimate of drug-likeness (QED) is 0.0261. The Hall–Kier alpha value is -4.19. The summed E-state index contributed by atoms with van der Waals surface area (Å²) < 4.78 is 16.8. The van der Waals surface area contributed by atoms with Gasteiger partial charge >= 0.3 is 17.9 Å². The number of allylic oxidation sites excluding steroid dienone is 20. The molecule has 0 amide bonds. The summed E-state index contributed by atoms with van der Waals surface area (Å²) in [6, 6.07) is 0. The zero-order valence-electron chi connectivity index (χ0n) is 48.8. The van der Waals surface area contributed by atoms with Gasteiger partial charge in [-0.3, -0.25) is 14.4 Å². The average Bonchev–Trinajstić information content (AvgIpc) is 3.41. The van der Waals surface area contributed by atoms with E-state index in [1.165, 1.54) is 116 Å². The summed E-state index contributed by atoms with van der Waals surface area (Å²) in [7, 11) is 0. The molecule has 75 heavy (non-hydrogen) atoms. The molecule has 426 valence electrons. The molecular weight excluding hydrogens is 925 g/mol. The number of esters is 3. The highest BCUT2D eigenvalue weighted by Crippen LogP contribution is 2.15. The second-order valence-corrected chi connectivity index (χ2v) is 20.2. The van der Waals surface area contributed by atoms with Gasteiger partial charge in [0, 0.05) is 19.3 Å². The van der Waals surface area contributed by atoms with Gasteiger partial charge in [-0.1, -0.05) is 251 Å². The fourth-order valence-electron chi connectivity index (χ4n) is 8.26. The van der Waals surface area contributed by atoms with Crippen LogP contribution in [0.3, 0.4) is 0 Å². The van der Waals surface area contributed by atoms with Crippen molar-refractivity contribution < 1.29 is 28.6 Å². The van der Waals surface area contributed by atoms with Crippen molar-refractivity contribution in [1.29, 1.82) is 0 Å². The SMILES string of the molecule is CC/C=C\C/C=C\C/C=C\C/C=C\C/C=C\C/C=C\CCCCC(=O)OC(COC(=O)CCCCCCC/C=C\CCCC)COC(=O)CCCCCCCCCCCC/C=C\C/C=C\C/C=C\CCCCCCC. The largest absolute Gasteiger partial charge is 0.462 e. The predicted molar refractivity (Wildman–Crippen MR) is 325 cm³/mol. The molecule has 0 radical (unpaired) electrons. The van der Waals surface area contributed by atoms with Crippen LogP contribution < -0.4 is 0 Å². The second-order valence-electron chi connectivity index (χ2n) is 20.2. The molecule has 0 saturated heterocycles. The zero-order valence-corrected chi connectivity index (χ0v) is 48.8. The second kappa shape index (κ2) is 62.4. The topological polar surface area (TPSA) is 78.9 Å². The first-order valence-electron chi connectivity index (χ1n) is 31.0. The van der Waals surface area contributed by atoms with Crippen LogP contribution in [0, 0.1) is 0 Å². The van der Waals surface area contributed by atoms with Crippen LogP contribution in [-0.4, -0.2) is 37.2 Å². The minimum atomic E-state index is -0.810. The van der Waals surface area contributed by atoms with Gasteiger partial charge in [-0.15, -0.1) is 0 Å². The Bertz CT molecular complexity index is 1570. The monoisotopic (exact) mass is 1040 g/mol. The van der Waals surface area contributed by atoms with E-state index in [-0.39, 0.29) is 37.5 Å². The molecule has 0 heterocycles. The van der Waals surface area contributed by atoms with Crippen LogP contribution in [0.25, 0.3) is 0 Å². The summed E-state index contributed by atoms with van der Waals surface area (Å²) in [5, 5.41) is 0. The molecule has 0 N–H and O–H groups in total. The third kappa shape index (κ3) is 60.6. The first-order chi connectivity index (χ1) is 37.0. The fraction of sp³-hybridized carbons (Fsp3) is 0.667. The van der Waals surface area contributed by atoms with Gasteiger partial charge in [-0.05, 0) is 128 Å². The Morgan fingerprint density at radius 3 is 0.893 bits per heavy atom. The number of carbonyl (C=O) groups is 3. The van der Waals surface area contributed by atoms with Gasteiger partial charge in [0.15, 0.2) is 6.10 Å². The lowest BCUT2D eigenvalue weighted by atomic mass is 10.1. The molecule has 6 nitrogen and oxygen atoms in total. The minimum Gasteiger partial charge on any atom is -0.462 e. The molecule has 0 aromatic carbocycles. The number of carbonyl (C=O) groups excluding carboxylic acids is 3. The van der Waals surface area contributed by atoms with Crippen molar-refractivity contribution in [3.05, 3.63) is 122 Å². The smallest absolute Gasteiger partial charge is 0.306 e. The molecule has 0 saturated carbocycles. The normalized spacial score (nSPS) is 12.9. The van der Waals surface area contributed by atoms with Crippen molar-refractivity contribution in [2.75, 3.05) is 13.2 Å². The van der Waals surface area contributed by atoms with E-state index >= 15 is 0 Å². The minimum absolute atomic E-state index is 0.103. The standard InChI is InChI=1S/C69H114O6/c1-4-7-10-13-16-19-22-24-26-28-30-32-33-34-35-37-38-40-42-44-47-50-53-56-59-62-68(71)74-65-66(64-73-67(70)61-58-55-52-49-46-21-18-15-12-9-6-3)75-69(72)63-60-57-54-51-48-45-43-41-39-36-31-29-27-25-23-20-17-14-11-8-5-2/h8,11,15,17-18,20,22,24-25,27-28,30-31,33-34,36,41,43,48,51,66H,4-7,9-10,12-14,16,19,21,23,26,29,32,35,37-40,42,44-47,49-50,52-65H2,1-3H3/b11-8-,18-15-,20-17-,24-22-,27-25-,30-28-,34-33-,36-31-,43-41-,51-48-. The maximum atomic E-state index is 12.9. The third-order valence-electron chi connectivity index (χ3n) is 12.9. The summed E-state index contributed by atoms with van der Waals surface area (Å²) in [5.41, 5.74) is 0. The van der Waals surface area contributed by atoms with Crippen LogP contribution in [-0.2, 0) is 28.6 Å². The van der Waals surface area contributed by atoms with Crippen LogP contribution in [0.1, 0.15) is 278 Å². The summed E-state index contributed by atoms with van der Waals surface area (Å²) in [6.07, 6.45) is 86.3. The molecule has 0 aromatic rings. The first kappa shape index (κ1) is 70.8. The average molecular weight is 1040 g/mol. The lowest BCUT2D eigenvalue weighted by Gasteiger charge is -2.18. The Labute approximate surface area is 462 Å². The number of hydrogen-bond acceptors (Lipinski definition) is 6. The Kier molecular flexibility index (Phi) is 58.9. The maximum absolute atomic E-state index is 12.9. The fourth-order valence-corrected chi connectivity index (χ4v) is 8.26. The van der Waals surface area contributed by atoms with Gasteiger partial charge in [-0.25, -0.2) is 0 Å². The van der Waals surface area contributed by atoms with Gasteiger partial charge in [0.05, 0.1) is 0 Å². The maximum Gasteiger partial charge on any atom is 0.306 e. The molecule has 0 aliphatic heterocycles. The van der Waals surface area contributed by atoms with Gasteiger partial charge in [0.25, 0.3) is 0 Å². The van der Waals surface area contributed by atoms with Gasteiger partial charge in [0.2, 0.25) is 0 Å². The zero-order chi connectivity index (χ0) is 54.3. The highest BCUT2D eigenvalue weighted by molar-refractivity contribution is 5.71. The lowest BCUT2D eigenvalue weighted by molar-refractivity contribution is -0.167.